The first-order valence-corrected chi connectivity index (χ1v) is 11.7. The second-order valence-corrected chi connectivity index (χ2v) is 10.4. The molecule has 1 aromatic carbocycles. The SMILES string of the molecule is COC(=O)c1[nH]c(C)c(/C([O-])=C2\C(=O)C(=O)N(CC[NH+](C)C)C2c2ccc(C(C)(C)C)cc2)c1C. The number of H-pyrrole nitrogens is 1. The highest BCUT2D eigenvalue weighted by atomic mass is 16.5. The van der Waals surface area contributed by atoms with Crippen molar-refractivity contribution in [1.29, 1.82) is 0 Å². The quantitative estimate of drug-likeness (QED) is 0.278. The van der Waals surface area contributed by atoms with E-state index < -0.39 is 29.5 Å². The first-order chi connectivity index (χ1) is 16.3. The van der Waals surface area contributed by atoms with Crippen molar-refractivity contribution in [2.45, 2.75) is 46.1 Å². The van der Waals surface area contributed by atoms with Crippen molar-refractivity contribution in [2.24, 2.45) is 0 Å². The molecule has 1 amide bonds. The molecule has 1 aliphatic heterocycles. The fraction of sp³-hybridized carbons (Fsp3) is 0.444. The number of benzene rings is 1. The van der Waals surface area contributed by atoms with Crippen LogP contribution in [0.5, 0.6) is 0 Å². The number of aromatic nitrogens is 1. The van der Waals surface area contributed by atoms with E-state index in [-0.39, 0.29) is 22.2 Å². The molecule has 1 atom stereocenters. The molecule has 0 bridgehead atoms. The number of aromatic amines is 1. The van der Waals surface area contributed by atoms with Gasteiger partial charge >= 0.3 is 5.97 Å². The van der Waals surface area contributed by atoms with E-state index in [9.17, 15) is 19.5 Å². The van der Waals surface area contributed by atoms with Crippen LogP contribution in [0.15, 0.2) is 29.8 Å². The van der Waals surface area contributed by atoms with Crippen LogP contribution >= 0.6 is 0 Å². The summed E-state index contributed by atoms with van der Waals surface area (Å²) in [5.41, 5.74) is 2.86. The maximum atomic E-state index is 13.8. The summed E-state index contributed by atoms with van der Waals surface area (Å²) in [4.78, 5) is 44.0. The minimum Gasteiger partial charge on any atom is -0.872 e. The van der Waals surface area contributed by atoms with Gasteiger partial charge in [0, 0.05) is 11.3 Å². The summed E-state index contributed by atoms with van der Waals surface area (Å²) in [5, 5.41) is 13.8. The average molecular weight is 482 g/mol. The summed E-state index contributed by atoms with van der Waals surface area (Å²) in [6.07, 6.45) is 0. The van der Waals surface area contributed by atoms with E-state index in [1.165, 1.54) is 12.0 Å². The number of carbonyl (C=O) groups is 3. The Balaban J connectivity index is 2.22. The van der Waals surface area contributed by atoms with E-state index in [0.717, 1.165) is 10.5 Å². The third-order valence-corrected chi connectivity index (χ3v) is 6.53. The summed E-state index contributed by atoms with van der Waals surface area (Å²) in [7, 11) is 5.19. The van der Waals surface area contributed by atoms with Crippen molar-refractivity contribution >= 4 is 23.4 Å². The fourth-order valence-corrected chi connectivity index (χ4v) is 4.49. The molecule has 2 heterocycles. The molecule has 1 aliphatic rings. The van der Waals surface area contributed by atoms with Crippen molar-refractivity contribution < 1.29 is 29.1 Å². The molecular weight excluding hydrogens is 446 g/mol. The van der Waals surface area contributed by atoms with Crippen molar-refractivity contribution in [3.63, 3.8) is 0 Å². The first-order valence-electron chi connectivity index (χ1n) is 11.7. The van der Waals surface area contributed by atoms with E-state index >= 15 is 0 Å². The standard InChI is InChI=1S/C27H35N3O5/c1-15-19(16(2)28-21(15)26(34)35-8)23(31)20-22(17-9-11-18(12-10-17)27(3,4)5)30(14-13-29(6)7)25(33)24(20)32/h9-12,22,28,31H,13-14H2,1-8H3/b23-20+. The number of Topliss-reactive ketones (excluding diaryl/α,β-unsaturated/α-hetero) is 1. The molecule has 0 aliphatic carbocycles. The maximum Gasteiger partial charge on any atom is 0.354 e. The highest BCUT2D eigenvalue weighted by Crippen LogP contribution is 2.40. The predicted molar refractivity (Wildman–Crippen MR) is 131 cm³/mol. The third kappa shape index (κ3) is 4.89. The lowest BCUT2D eigenvalue weighted by atomic mass is 9.85. The number of likely N-dealkylation sites (N-methyl/N-ethyl adjacent to an activating group) is 1. The van der Waals surface area contributed by atoms with Gasteiger partial charge in [-0.25, -0.2) is 4.79 Å². The smallest absolute Gasteiger partial charge is 0.354 e. The van der Waals surface area contributed by atoms with E-state index in [0.29, 0.717) is 29.9 Å². The van der Waals surface area contributed by atoms with E-state index in [4.69, 9.17) is 4.74 Å². The second-order valence-electron chi connectivity index (χ2n) is 10.4. The van der Waals surface area contributed by atoms with Crippen LogP contribution in [0.2, 0.25) is 0 Å². The number of carbonyl (C=O) groups excluding carboxylic acids is 3. The molecule has 3 rings (SSSR count). The Morgan fingerprint density at radius 1 is 1.14 bits per heavy atom. The Labute approximate surface area is 206 Å². The van der Waals surface area contributed by atoms with Crippen LogP contribution in [0, 0.1) is 13.8 Å². The lowest BCUT2D eigenvalue weighted by molar-refractivity contribution is -0.857. The molecule has 1 unspecified atom stereocenters. The van der Waals surface area contributed by atoms with Crippen LogP contribution in [0.1, 0.15) is 65.2 Å². The van der Waals surface area contributed by atoms with Crippen LogP contribution in [0.3, 0.4) is 0 Å². The Kier molecular flexibility index (Phi) is 7.26. The summed E-state index contributed by atoms with van der Waals surface area (Å²) >= 11 is 0. The van der Waals surface area contributed by atoms with Gasteiger partial charge in [0.15, 0.2) is 0 Å². The van der Waals surface area contributed by atoms with Gasteiger partial charge in [0.05, 0.1) is 40.3 Å². The number of rotatable bonds is 6. The number of nitrogens with one attached hydrogen (secondary N) is 2. The van der Waals surface area contributed by atoms with Crippen LogP contribution in [0.25, 0.3) is 5.76 Å². The summed E-state index contributed by atoms with van der Waals surface area (Å²) < 4.78 is 4.81. The van der Waals surface area contributed by atoms with Gasteiger partial charge in [0.1, 0.15) is 5.69 Å². The Hall–Kier alpha value is -3.39. The number of aryl methyl sites for hydroxylation is 1. The largest absolute Gasteiger partial charge is 0.872 e. The van der Waals surface area contributed by atoms with Gasteiger partial charge < -0.3 is 24.6 Å². The topological polar surface area (TPSA) is 107 Å². The van der Waals surface area contributed by atoms with Gasteiger partial charge in [-0.2, -0.15) is 0 Å². The van der Waals surface area contributed by atoms with E-state index in [1.54, 1.807) is 13.8 Å². The zero-order valence-corrected chi connectivity index (χ0v) is 21.8. The van der Waals surface area contributed by atoms with E-state index in [1.807, 2.05) is 38.4 Å². The van der Waals surface area contributed by atoms with Crippen molar-refractivity contribution in [1.82, 2.24) is 9.88 Å². The molecule has 0 saturated carbocycles. The molecule has 188 valence electrons. The number of methoxy groups -OCH3 is 1. The van der Waals surface area contributed by atoms with Gasteiger partial charge in [-0.3, -0.25) is 9.59 Å². The Morgan fingerprint density at radius 2 is 1.74 bits per heavy atom. The minimum atomic E-state index is -0.800. The molecule has 0 radical (unpaired) electrons. The first kappa shape index (κ1) is 26.2. The van der Waals surface area contributed by atoms with Crippen LogP contribution in [-0.2, 0) is 19.7 Å². The molecule has 2 N–H and O–H groups in total. The number of esters is 1. The Bertz CT molecular complexity index is 1180. The average Bonchev–Trinajstić information content (AvgIpc) is 3.23. The second kappa shape index (κ2) is 9.70. The number of quaternary nitrogens is 1. The van der Waals surface area contributed by atoms with Crippen molar-refractivity contribution in [3.8, 4) is 0 Å². The Morgan fingerprint density at radius 3 is 2.26 bits per heavy atom. The highest BCUT2D eigenvalue weighted by molar-refractivity contribution is 6.46. The minimum absolute atomic E-state index is 0.0696. The maximum absolute atomic E-state index is 13.8. The number of hydrogen-bond donors (Lipinski definition) is 2. The number of ketones is 1. The molecule has 35 heavy (non-hydrogen) atoms. The van der Waals surface area contributed by atoms with E-state index in [2.05, 4.69) is 25.8 Å². The normalized spacial score (nSPS) is 18.0. The van der Waals surface area contributed by atoms with Crippen LogP contribution in [-0.4, -0.2) is 61.8 Å². The van der Waals surface area contributed by atoms with Gasteiger partial charge in [0.25, 0.3) is 5.91 Å². The number of likely N-dealkylation sites (tertiary alicyclic amines) is 1. The van der Waals surface area contributed by atoms with Crippen molar-refractivity contribution in [2.75, 3.05) is 34.3 Å². The van der Waals surface area contributed by atoms with Gasteiger partial charge in [-0.05, 0) is 41.5 Å². The number of ether oxygens (including phenoxy) is 1. The zero-order chi connectivity index (χ0) is 26.2. The summed E-state index contributed by atoms with van der Waals surface area (Å²) in [6.45, 7) is 10.6. The predicted octanol–water partition coefficient (Wildman–Crippen LogP) is 1.08. The van der Waals surface area contributed by atoms with Gasteiger partial charge in [-0.1, -0.05) is 50.8 Å². The lowest BCUT2D eigenvalue weighted by Crippen LogP contribution is -3.06. The molecule has 1 saturated heterocycles. The highest BCUT2D eigenvalue weighted by Gasteiger charge is 2.44. The zero-order valence-electron chi connectivity index (χ0n) is 21.8. The van der Waals surface area contributed by atoms with Crippen LogP contribution in [0.4, 0.5) is 0 Å². The lowest BCUT2D eigenvalue weighted by Gasteiger charge is -2.28. The number of nitrogens with zero attached hydrogens (tertiary/aromatic N) is 1. The summed E-state index contributed by atoms with van der Waals surface area (Å²) in [5.74, 6) is -2.63. The summed E-state index contributed by atoms with van der Waals surface area (Å²) in [6, 6.07) is 6.92. The number of amides is 1. The molecule has 1 aromatic heterocycles. The third-order valence-electron chi connectivity index (χ3n) is 6.53. The fourth-order valence-electron chi connectivity index (χ4n) is 4.49. The molecule has 0 spiro atoms. The monoisotopic (exact) mass is 481 g/mol. The van der Waals surface area contributed by atoms with Crippen LogP contribution < -0.4 is 10.0 Å². The molecule has 2 aromatic rings. The molecular formula is C27H35N3O5. The molecule has 8 nitrogen and oxygen atoms in total. The van der Waals surface area contributed by atoms with Crippen molar-refractivity contribution in [3.05, 3.63) is 63.5 Å². The molecule has 1 fully saturated rings. The van der Waals surface area contributed by atoms with Gasteiger partial charge in [0.2, 0.25) is 5.78 Å². The molecule has 8 heteroatoms. The number of hydrogen-bond acceptors (Lipinski definition) is 5. The van der Waals surface area contributed by atoms with Gasteiger partial charge in [-0.15, -0.1) is 0 Å².